The number of hydrogen-bond donors (Lipinski definition) is 6. The number of allylic oxidation sites excluding steroid dienone is 1. The highest BCUT2D eigenvalue weighted by Gasteiger charge is 2.10. The molecule has 0 radical (unpaired) electrons. The molecule has 6 aromatic carbocycles. The highest BCUT2D eigenvalue weighted by molar-refractivity contribution is 8.13. The molecule has 0 atom stereocenters. The zero-order valence-corrected chi connectivity index (χ0v) is 66.5. The maximum absolute atomic E-state index is 12.1. The molecule has 36 heteroatoms. The summed E-state index contributed by atoms with van der Waals surface area (Å²) < 4.78 is 89.0. The zero-order chi connectivity index (χ0) is 88.4. The van der Waals surface area contributed by atoms with Crippen LogP contribution in [-0.2, 0) is 75.8 Å². The van der Waals surface area contributed by atoms with Crippen molar-refractivity contribution in [2.75, 3.05) is 91.8 Å². The smallest absolute Gasteiger partial charge is 0.343 e. The molecule has 0 aromatic heterocycles. The van der Waals surface area contributed by atoms with Crippen molar-refractivity contribution in [1.29, 1.82) is 10.5 Å². The third-order valence-electron chi connectivity index (χ3n) is 11.5. The van der Waals surface area contributed by atoms with Crippen molar-refractivity contribution in [2.45, 2.75) is 38.5 Å². The van der Waals surface area contributed by atoms with Crippen LogP contribution in [0.15, 0.2) is 222 Å². The number of carbonyl (C=O) groups excluding carboxylic acids is 9. The SMILES string of the molecule is C=CC(=O)Cl.C=CC(=O)OCCCO.C=CC(=O)OCCCOS(C)(=O)=O.C=CC(=O)OCCCOc1ccc(C(=O)O)cc1.C=CC(=O)OCCCOc1ccc(C(=O)Oc2ccc(C#N)cc2)cc1.C=CC(=O)OCCCOc1ccc(C=O)cc1.CS(=O)(=O)Cl.N#Cc1ccc(O)cc1.O=Cc1ccc(O)cc1.OCCCO. The number of nitriles is 2. The molecule has 0 saturated carbocycles. The van der Waals surface area contributed by atoms with E-state index in [1.54, 1.807) is 109 Å². The van der Waals surface area contributed by atoms with Gasteiger partial charge in [-0.25, -0.2) is 42.0 Å². The monoisotopic (exact) mass is 1690 g/mol. The van der Waals surface area contributed by atoms with E-state index in [0.717, 1.165) is 61.5 Å². The van der Waals surface area contributed by atoms with Crippen LogP contribution in [0, 0.1) is 22.7 Å². The van der Waals surface area contributed by atoms with Gasteiger partial charge in [-0.3, -0.25) is 18.6 Å². The Morgan fingerprint density at radius 3 is 0.940 bits per heavy atom. The van der Waals surface area contributed by atoms with Gasteiger partial charge in [-0.2, -0.15) is 18.9 Å². The number of esters is 6. The molecule has 0 aliphatic rings. The Hall–Kier alpha value is -12.6. The molecule has 6 rings (SSSR count). The first-order valence-electron chi connectivity index (χ1n) is 33.5. The van der Waals surface area contributed by atoms with Gasteiger partial charge >= 0.3 is 41.8 Å². The highest BCUT2D eigenvalue weighted by atomic mass is 35.7. The fourth-order valence-corrected chi connectivity index (χ4v) is 6.61. The normalized spacial score (nSPS) is 9.39. The number of aldehydes is 2. The topological polar surface area (TPSA) is 500 Å². The molecular weight excluding hydrogens is 1600 g/mol. The number of aromatic carboxylic acids is 1. The van der Waals surface area contributed by atoms with Crippen LogP contribution < -0.4 is 18.9 Å². The van der Waals surface area contributed by atoms with Crippen LogP contribution in [0.5, 0.6) is 34.5 Å². The van der Waals surface area contributed by atoms with Gasteiger partial charge in [0.05, 0.1) is 106 Å². The summed E-state index contributed by atoms with van der Waals surface area (Å²) in [4.78, 5) is 106. The number of carboxylic acids is 1. The first kappa shape index (κ1) is 110. The van der Waals surface area contributed by atoms with Gasteiger partial charge in [-0.1, -0.05) is 39.5 Å². The molecule has 116 heavy (non-hydrogen) atoms. The van der Waals surface area contributed by atoms with Crippen LogP contribution in [0.1, 0.15) is 91.1 Å². The molecule has 0 spiro atoms. The van der Waals surface area contributed by atoms with Crippen LogP contribution in [0.25, 0.3) is 0 Å². The summed E-state index contributed by atoms with van der Waals surface area (Å²) >= 11 is 4.71. The van der Waals surface area contributed by atoms with Gasteiger partial charge < -0.3 is 73.3 Å². The van der Waals surface area contributed by atoms with E-state index < -0.39 is 66.2 Å². The third-order valence-corrected chi connectivity index (χ3v) is 12.3. The van der Waals surface area contributed by atoms with E-state index >= 15 is 0 Å². The number of phenolic OH excluding ortho intramolecular Hbond substituents is 2. The average Bonchev–Trinajstić information content (AvgIpc) is 0.885. The second-order valence-electron chi connectivity index (χ2n) is 20.8. The van der Waals surface area contributed by atoms with Crippen LogP contribution in [0.2, 0.25) is 0 Å². The van der Waals surface area contributed by atoms with Crippen LogP contribution >= 0.6 is 22.3 Å². The Kier molecular flexibility index (Phi) is 67.5. The molecule has 32 nitrogen and oxygen atoms in total. The summed E-state index contributed by atoms with van der Waals surface area (Å²) in [6.45, 7) is 22.0. The Morgan fingerprint density at radius 2 is 0.672 bits per heavy atom. The molecule has 0 amide bonds. The Bertz CT molecular complexity index is 4220. The fourth-order valence-electron chi connectivity index (χ4n) is 6.19. The highest BCUT2D eigenvalue weighted by Crippen LogP contribution is 2.18. The van der Waals surface area contributed by atoms with Crippen LogP contribution in [0.4, 0.5) is 0 Å². The van der Waals surface area contributed by atoms with Gasteiger partial charge in [0.25, 0.3) is 10.1 Å². The maximum atomic E-state index is 12.1. The van der Waals surface area contributed by atoms with Gasteiger partial charge in [-0.15, -0.1) is 0 Å². The second-order valence-corrected chi connectivity index (χ2v) is 25.9. The van der Waals surface area contributed by atoms with Crippen LogP contribution in [0.3, 0.4) is 0 Å². The summed E-state index contributed by atoms with van der Waals surface area (Å²) in [5.41, 5.74) is 2.83. The van der Waals surface area contributed by atoms with Gasteiger partial charge in [0.2, 0.25) is 14.3 Å². The number of carbonyl (C=O) groups is 10. The predicted octanol–water partition coefficient (Wildman–Crippen LogP) is 10.3. The van der Waals surface area contributed by atoms with Crippen LogP contribution in [-0.4, -0.2) is 199 Å². The lowest BCUT2D eigenvalue weighted by molar-refractivity contribution is -0.138. The molecule has 0 unspecified atom stereocenters. The number of phenols is 2. The number of carboxylic acid groups (broad SMARTS) is 1. The number of halogens is 2. The second kappa shape index (κ2) is 71.4. The summed E-state index contributed by atoms with van der Waals surface area (Å²) in [5.74, 6) is -1.21. The first-order chi connectivity index (χ1) is 55.1. The van der Waals surface area contributed by atoms with E-state index in [2.05, 4.69) is 63.8 Å². The number of rotatable bonds is 36. The minimum absolute atomic E-state index is 0.0171. The summed E-state index contributed by atoms with van der Waals surface area (Å²) in [6, 6.07) is 41.8. The van der Waals surface area contributed by atoms with Gasteiger partial charge in [0.15, 0.2) is 0 Å². The minimum Gasteiger partial charge on any atom is -0.508 e. The van der Waals surface area contributed by atoms with E-state index in [4.69, 9.17) is 85.9 Å². The number of ether oxygens (including phenoxy) is 9. The standard InChI is InChI=1S/C20H17NO5.C13H14O5.C13H14O4.C7H5NO.C7H12O5S.C7H6O2.C6H10O3.C3H3ClO.C3H8O2.CH3ClO2S/c1-2-19(22)25-13-3-12-24-17-10-6-16(7-11-17)20(23)26-18-8-4-15(14-21)5-9-18;1-2-12(14)18-9-3-8-17-11-6-4-10(5-7-11)13(15)16;1-2-13(15)17-9-3-8-16-12-6-4-11(10-14)5-7-12;8-5-6-1-3-7(9)4-2-6;1-3-7(8)11-5-4-6-12-13(2,9)10;8-5-6-1-3-7(9)4-2-6;1-2-6(8)9-5-3-4-7;1-2-3(4)5;4-2-1-3-5;1-5(2,3)4/h2,4-11H,1,3,12-13H2;2,4-7H,1,3,8-9H2,(H,15,16);2,4-7,10H,1,3,8-9H2;1-4,9H;3H,1,4-6H2,2H3;1-5,9H;2,7H,1,3-5H2;2H,1H2;4-5H,1-3H2;1H3. The molecule has 628 valence electrons. The molecule has 0 heterocycles. The van der Waals surface area contributed by atoms with E-state index in [0.29, 0.717) is 116 Å². The lowest BCUT2D eigenvalue weighted by atomic mass is 10.2. The molecule has 6 aromatic rings. The van der Waals surface area contributed by atoms with Crippen molar-refractivity contribution in [3.8, 4) is 46.6 Å². The van der Waals surface area contributed by atoms with Crippen molar-refractivity contribution in [2.24, 2.45) is 0 Å². The predicted molar refractivity (Wildman–Crippen MR) is 428 cm³/mol. The number of aliphatic hydroxyl groups excluding tert-OH is 3. The Labute approximate surface area is 682 Å². The molecule has 0 aliphatic heterocycles. The Morgan fingerprint density at radius 1 is 0.405 bits per heavy atom. The van der Waals surface area contributed by atoms with Crippen molar-refractivity contribution >= 4 is 101 Å². The Balaban J connectivity index is -0.000000629. The van der Waals surface area contributed by atoms with Crippen molar-refractivity contribution in [3.05, 3.63) is 255 Å². The number of hydrogen-bond acceptors (Lipinski definition) is 31. The number of nitrogens with zero attached hydrogens (tertiary/aromatic N) is 2. The van der Waals surface area contributed by atoms with Crippen molar-refractivity contribution in [1.82, 2.24) is 0 Å². The summed E-state index contributed by atoms with van der Waals surface area (Å²) in [6.07, 6.45) is 12.9. The summed E-state index contributed by atoms with van der Waals surface area (Å²) in [5, 5.41) is 66.8. The van der Waals surface area contributed by atoms with Gasteiger partial charge in [0.1, 0.15) is 47.1 Å². The van der Waals surface area contributed by atoms with E-state index in [1.807, 2.05) is 12.1 Å². The molecule has 0 aliphatic carbocycles. The lowest BCUT2D eigenvalue weighted by Crippen LogP contribution is -2.09. The number of aliphatic hydroxyl groups is 3. The van der Waals surface area contributed by atoms with Gasteiger partial charge in [-0.05, 0) is 170 Å². The number of benzene rings is 6. The van der Waals surface area contributed by atoms with Gasteiger partial charge in [0, 0.05) is 104 Å². The van der Waals surface area contributed by atoms with E-state index in [-0.39, 0.29) is 69.9 Å². The van der Waals surface area contributed by atoms with Crippen molar-refractivity contribution < 1.29 is 142 Å². The van der Waals surface area contributed by atoms with E-state index in [1.165, 1.54) is 36.4 Å². The molecule has 0 saturated heterocycles. The fraction of sp³-hybridized carbons (Fsp3) is 0.250. The molecule has 0 fully saturated rings. The first-order valence-corrected chi connectivity index (χ1v) is 38.4. The maximum Gasteiger partial charge on any atom is 0.343 e. The quantitative estimate of drug-likeness (QED) is 0.00311. The molecule has 0 bridgehead atoms. The summed E-state index contributed by atoms with van der Waals surface area (Å²) in [7, 11) is -2.08. The average molecular weight is 1700 g/mol. The molecule has 6 N–H and O–H groups in total. The minimum atomic E-state index is -3.39. The molecular formula is C80H92Cl2N2O30S2. The van der Waals surface area contributed by atoms with E-state index in [9.17, 15) is 64.8 Å². The lowest BCUT2D eigenvalue weighted by Gasteiger charge is -2.08. The zero-order valence-electron chi connectivity index (χ0n) is 63.4. The number of aromatic hydroxyl groups is 2. The third kappa shape index (κ3) is 71.7. The largest absolute Gasteiger partial charge is 0.508 e. The van der Waals surface area contributed by atoms with Crippen molar-refractivity contribution in [3.63, 3.8) is 0 Å².